The fourth-order valence-corrected chi connectivity index (χ4v) is 2.58. The van der Waals surface area contributed by atoms with Crippen LogP contribution in [0.5, 0.6) is 0 Å². The molecule has 1 aliphatic rings. The lowest BCUT2D eigenvalue weighted by Gasteiger charge is -2.33. The summed E-state index contributed by atoms with van der Waals surface area (Å²) in [6, 6.07) is 5.97. The van der Waals surface area contributed by atoms with E-state index in [-0.39, 0.29) is 24.2 Å². The molecule has 1 atom stereocenters. The lowest BCUT2D eigenvalue weighted by atomic mass is 9.87. The minimum atomic E-state index is -0.573. The van der Waals surface area contributed by atoms with Crippen molar-refractivity contribution in [2.75, 3.05) is 19.6 Å². The van der Waals surface area contributed by atoms with Crippen LogP contribution in [-0.2, 0) is 4.79 Å². The third-order valence-corrected chi connectivity index (χ3v) is 3.67. The first-order valence-electron chi connectivity index (χ1n) is 6.50. The Morgan fingerprint density at radius 1 is 1.37 bits per heavy atom. The van der Waals surface area contributed by atoms with Crippen molar-refractivity contribution in [1.82, 2.24) is 4.90 Å². The van der Waals surface area contributed by atoms with Crippen molar-refractivity contribution < 1.29 is 14.3 Å². The number of piperidine rings is 1. The average molecular weight is 266 g/mol. The number of likely N-dealkylation sites (tertiary alicyclic amines) is 1. The molecule has 4 nitrogen and oxygen atoms in total. The van der Waals surface area contributed by atoms with Crippen molar-refractivity contribution in [2.24, 2.45) is 11.7 Å². The van der Waals surface area contributed by atoms with Crippen LogP contribution >= 0.6 is 0 Å². The van der Waals surface area contributed by atoms with Gasteiger partial charge in [0, 0.05) is 0 Å². The van der Waals surface area contributed by atoms with E-state index in [9.17, 15) is 14.3 Å². The van der Waals surface area contributed by atoms with Crippen LogP contribution in [0.1, 0.15) is 24.5 Å². The van der Waals surface area contributed by atoms with Gasteiger partial charge in [-0.15, -0.1) is 0 Å². The Bertz CT molecular complexity index is 428. The number of aliphatic hydroxyl groups excluding tert-OH is 1. The topological polar surface area (TPSA) is 66.6 Å². The first kappa shape index (κ1) is 14.0. The minimum Gasteiger partial charge on any atom is -0.388 e. The molecule has 0 aromatic heterocycles. The molecule has 1 saturated heterocycles. The number of nitrogens with zero attached hydrogens (tertiary/aromatic N) is 1. The fourth-order valence-electron chi connectivity index (χ4n) is 2.58. The highest BCUT2D eigenvalue weighted by molar-refractivity contribution is 5.75. The van der Waals surface area contributed by atoms with E-state index in [1.165, 1.54) is 12.1 Å². The van der Waals surface area contributed by atoms with E-state index >= 15 is 0 Å². The van der Waals surface area contributed by atoms with Crippen LogP contribution in [-0.4, -0.2) is 35.5 Å². The highest BCUT2D eigenvalue weighted by Crippen LogP contribution is 2.30. The van der Waals surface area contributed by atoms with Gasteiger partial charge in [0.25, 0.3) is 0 Å². The molecule has 0 bridgehead atoms. The molecule has 1 aliphatic heterocycles. The Balaban J connectivity index is 1.90. The Labute approximate surface area is 112 Å². The average Bonchev–Trinajstić information content (AvgIpc) is 2.39. The molecule has 5 heteroatoms. The summed E-state index contributed by atoms with van der Waals surface area (Å²) in [5, 5.41) is 10.3. The number of carbonyl (C=O) groups is 1. The van der Waals surface area contributed by atoms with Gasteiger partial charge in [-0.2, -0.15) is 0 Å². The van der Waals surface area contributed by atoms with Gasteiger partial charge in [-0.05, 0) is 49.5 Å². The van der Waals surface area contributed by atoms with Crippen molar-refractivity contribution in [1.29, 1.82) is 0 Å². The number of rotatable bonds is 4. The minimum absolute atomic E-state index is 0.148. The third-order valence-electron chi connectivity index (χ3n) is 3.67. The van der Waals surface area contributed by atoms with Gasteiger partial charge in [-0.1, -0.05) is 12.1 Å². The number of aliphatic hydroxyl groups is 1. The van der Waals surface area contributed by atoms with Crippen molar-refractivity contribution >= 4 is 5.91 Å². The van der Waals surface area contributed by atoms with E-state index in [1.54, 1.807) is 12.1 Å². The highest BCUT2D eigenvalue weighted by Gasteiger charge is 2.26. The Kier molecular flexibility index (Phi) is 4.50. The lowest BCUT2D eigenvalue weighted by molar-refractivity contribution is -0.119. The molecule has 104 valence electrons. The number of hydrogen-bond donors (Lipinski definition) is 2. The van der Waals surface area contributed by atoms with E-state index in [1.807, 2.05) is 4.90 Å². The second-order valence-electron chi connectivity index (χ2n) is 5.08. The molecule has 0 radical (unpaired) electrons. The third kappa shape index (κ3) is 3.75. The first-order chi connectivity index (χ1) is 9.06. The van der Waals surface area contributed by atoms with Crippen molar-refractivity contribution in [3.8, 4) is 0 Å². The number of primary amides is 1. The lowest BCUT2D eigenvalue weighted by Crippen LogP contribution is -2.40. The summed E-state index contributed by atoms with van der Waals surface area (Å²) < 4.78 is 12.8. The molecule has 3 N–H and O–H groups in total. The molecule has 1 fully saturated rings. The molecular weight excluding hydrogens is 247 g/mol. The van der Waals surface area contributed by atoms with Gasteiger partial charge in [-0.3, -0.25) is 9.69 Å². The van der Waals surface area contributed by atoms with Crippen molar-refractivity contribution in [3.05, 3.63) is 35.6 Å². The summed E-state index contributed by atoms with van der Waals surface area (Å²) >= 11 is 0. The second-order valence-corrected chi connectivity index (χ2v) is 5.08. The summed E-state index contributed by atoms with van der Waals surface area (Å²) in [6.45, 7) is 1.79. The predicted octanol–water partition coefficient (Wildman–Crippen LogP) is 1.06. The van der Waals surface area contributed by atoms with Gasteiger partial charge >= 0.3 is 0 Å². The number of hydrogen-bond acceptors (Lipinski definition) is 3. The van der Waals surface area contributed by atoms with Crippen LogP contribution in [0.15, 0.2) is 24.3 Å². The van der Waals surface area contributed by atoms with Gasteiger partial charge in [0.1, 0.15) is 5.82 Å². The number of nitrogens with two attached hydrogens (primary N) is 1. The van der Waals surface area contributed by atoms with Crippen LogP contribution in [0, 0.1) is 11.7 Å². The molecule has 0 saturated carbocycles. The number of halogens is 1. The van der Waals surface area contributed by atoms with Crippen LogP contribution in [0.2, 0.25) is 0 Å². The summed E-state index contributed by atoms with van der Waals surface area (Å²) in [7, 11) is 0. The van der Waals surface area contributed by atoms with E-state index < -0.39 is 6.10 Å². The summed E-state index contributed by atoms with van der Waals surface area (Å²) in [6.07, 6.45) is 1.05. The zero-order valence-electron chi connectivity index (χ0n) is 10.8. The van der Waals surface area contributed by atoms with E-state index in [2.05, 4.69) is 0 Å². The first-order valence-corrected chi connectivity index (χ1v) is 6.50. The Morgan fingerprint density at radius 3 is 2.47 bits per heavy atom. The monoisotopic (exact) mass is 266 g/mol. The molecule has 2 rings (SSSR count). The van der Waals surface area contributed by atoms with Crippen LogP contribution in [0.25, 0.3) is 0 Å². The van der Waals surface area contributed by atoms with E-state index in [0.717, 1.165) is 31.5 Å². The highest BCUT2D eigenvalue weighted by atomic mass is 19.1. The van der Waals surface area contributed by atoms with E-state index in [4.69, 9.17) is 5.73 Å². The zero-order valence-corrected chi connectivity index (χ0v) is 10.8. The molecule has 0 aliphatic carbocycles. The Morgan fingerprint density at radius 2 is 1.95 bits per heavy atom. The van der Waals surface area contributed by atoms with Crippen molar-refractivity contribution in [2.45, 2.75) is 18.9 Å². The Hall–Kier alpha value is -1.46. The molecular formula is C14H19FN2O2. The summed E-state index contributed by atoms with van der Waals surface area (Å²) in [4.78, 5) is 12.8. The van der Waals surface area contributed by atoms with Gasteiger partial charge < -0.3 is 10.8 Å². The maximum absolute atomic E-state index is 12.8. The van der Waals surface area contributed by atoms with Crippen LogP contribution in [0.3, 0.4) is 0 Å². The molecule has 19 heavy (non-hydrogen) atoms. The smallest absolute Gasteiger partial charge is 0.231 e. The fraction of sp³-hybridized carbons (Fsp3) is 0.500. The number of carbonyl (C=O) groups excluding carboxylic acids is 1. The summed E-state index contributed by atoms with van der Waals surface area (Å²) in [5.74, 6) is -0.473. The molecule has 1 amide bonds. The predicted molar refractivity (Wildman–Crippen MR) is 69.7 cm³/mol. The van der Waals surface area contributed by atoms with Crippen LogP contribution in [0.4, 0.5) is 4.39 Å². The molecule has 1 unspecified atom stereocenters. The number of amides is 1. The van der Waals surface area contributed by atoms with Gasteiger partial charge in [0.05, 0.1) is 12.6 Å². The molecule has 0 spiro atoms. The van der Waals surface area contributed by atoms with Gasteiger partial charge in [0.2, 0.25) is 5.91 Å². The SMILES string of the molecule is NC(=O)CN1CCC(C(O)c2ccc(F)cc2)CC1. The maximum atomic E-state index is 12.8. The van der Waals surface area contributed by atoms with Crippen LogP contribution < -0.4 is 5.73 Å². The standard InChI is InChI=1S/C14H19FN2O2/c15-12-3-1-10(2-4-12)14(19)11-5-7-17(8-6-11)9-13(16)18/h1-4,11,14,19H,5-9H2,(H2,16,18). The van der Waals surface area contributed by atoms with Gasteiger partial charge in [0.15, 0.2) is 0 Å². The quantitative estimate of drug-likeness (QED) is 0.856. The second kappa shape index (κ2) is 6.12. The van der Waals surface area contributed by atoms with E-state index in [0.29, 0.717) is 0 Å². The van der Waals surface area contributed by atoms with Crippen molar-refractivity contribution in [3.63, 3.8) is 0 Å². The molecule has 1 aromatic carbocycles. The molecule has 1 heterocycles. The maximum Gasteiger partial charge on any atom is 0.231 e. The van der Waals surface area contributed by atoms with Gasteiger partial charge in [-0.25, -0.2) is 4.39 Å². The largest absolute Gasteiger partial charge is 0.388 e. The molecule has 1 aromatic rings. The zero-order chi connectivity index (χ0) is 13.8. The summed E-state index contributed by atoms with van der Waals surface area (Å²) in [5.41, 5.74) is 5.90. The normalized spacial score (nSPS) is 19.3. The number of benzene rings is 1.